The maximum absolute atomic E-state index is 10.9. The highest BCUT2D eigenvalue weighted by atomic mass is 32.2. The Morgan fingerprint density at radius 3 is 2.60 bits per heavy atom. The molecule has 4 heteroatoms. The Kier molecular flexibility index (Phi) is 5.21. The second-order valence-corrected chi connectivity index (χ2v) is 4.48. The predicted molar refractivity (Wildman–Crippen MR) is 63.5 cm³/mol. The molecule has 15 heavy (non-hydrogen) atoms. The van der Waals surface area contributed by atoms with Crippen LogP contribution in [-0.4, -0.2) is 11.7 Å². The number of hydrogen-bond acceptors (Lipinski definition) is 3. The summed E-state index contributed by atoms with van der Waals surface area (Å²) in [5.74, 6) is 5.95. The summed E-state index contributed by atoms with van der Waals surface area (Å²) in [5, 5.41) is 0. The first-order chi connectivity index (χ1) is 7.26. The van der Waals surface area contributed by atoms with Gasteiger partial charge in [0, 0.05) is 11.3 Å². The Balaban J connectivity index is 2.45. The SMILES string of the molecule is CCSc1ccc(CCC(=O)NN)cc1. The molecular formula is C11H16N2OS. The predicted octanol–water partition coefficient (Wildman–Crippen LogP) is 1.72. The maximum Gasteiger partial charge on any atom is 0.234 e. The number of hydrogen-bond donors (Lipinski definition) is 2. The summed E-state index contributed by atoms with van der Waals surface area (Å²) < 4.78 is 0. The number of hydrazine groups is 1. The molecule has 0 saturated heterocycles. The summed E-state index contributed by atoms with van der Waals surface area (Å²) >= 11 is 1.81. The van der Waals surface area contributed by atoms with Crippen molar-refractivity contribution in [2.75, 3.05) is 5.75 Å². The van der Waals surface area contributed by atoms with Crippen LogP contribution in [0.1, 0.15) is 18.9 Å². The van der Waals surface area contributed by atoms with Crippen LogP contribution < -0.4 is 11.3 Å². The summed E-state index contributed by atoms with van der Waals surface area (Å²) in [6.07, 6.45) is 1.18. The number of thioether (sulfide) groups is 1. The van der Waals surface area contributed by atoms with Gasteiger partial charge in [-0.05, 0) is 29.9 Å². The van der Waals surface area contributed by atoms with E-state index in [1.165, 1.54) is 10.5 Å². The summed E-state index contributed by atoms with van der Waals surface area (Å²) in [4.78, 5) is 12.2. The first-order valence-electron chi connectivity index (χ1n) is 4.97. The van der Waals surface area contributed by atoms with E-state index < -0.39 is 0 Å². The van der Waals surface area contributed by atoms with Gasteiger partial charge in [-0.1, -0.05) is 19.1 Å². The Morgan fingerprint density at radius 2 is 2.07 bits per heavy atom. The number of aryl methyl sites for hydroxylation is 1. The van der Waals surface area contributed by atoms with Crippen LogP contribution in [-0.2, 0) is 11.2 Å². The summed E-state index contributed by atoms with van der Waals surface area (Å²) in [7, 11) is 0. The fourth-order valence-corrected chi connectivity index (χ4v) is 1.91. The zero-order valence-corrected chi connectivity index (χ0v) is 9.64. The molecule has 1 aromatic carbocycles. The molecular weight excluding hydrogens is 208 g/mol. The van der Waals surface area contributed by atoms with Crippen molar-refractivity contribution in [3.63, 3.8) is 0 Å². The van der Waals surface area contributed by atoms with Crippen molar-refractivity contribution in [3.8, 4) is 0 Å². The van der Waals surface area contributed by atoms with E-state index in [0.717, 1.165) is 12.2 Å². The second-order valence-electron chi connectivity index (χ2n) is 3.14. The molecule has 0 atom stereocenters. The van der Waals surface area contributed by atoms with Crippen LogP contribution in [0.15, 0.2) is 29.2 Å². The van der Waals surface area contributed by atoms with Crippen LogP contribution in [0.25, 0.3) is 0 Å². The molecule has 0 radical (unpaired) electrons. The topological polar surface area (TPSA) is 55.1 Å². The van der Waals surface area contributed by atoms with Crippen molar-refractivity contribution >= 4 is 17.7 Å². The van der Waals surface area contributed by atoms with E-state index >= 15 is 0 Å². The summed E-state index contributed by atoms with van der Waals surface area (Å²) in [5.41, 5.74) is 3.29. The average molecular weight is 224 g/mol. The fourth-order valence-electron chi connectivity index (χ4n) is 1.25. The van der Waals surface area contributed by atoms with Gasteiger partial charge in [0.1, 0.15) is 0 Å². The van der Waals surface area contributed by atoms with Crippen LogP contribution in [0.5, 0.6) is 0 Å². The monoisotopic (exact) mass is 224 g/mol. The Hall–Kier alpha value is -1.00. The number of rotatable bonds is 5. The van der Waals surface area contributed by atoms with Crippen molar-refractivity contribution in [2.24, 2.45) is 5.84 Å². The lowest BCUT2D eigenvalue weighted by Gasteiger charge is -2.02. The lowest BCUT2D eigenvalue weighted by atomic mass is 10.1. The van der Waals surface area contributed by atoms with Crippen LogP contribution in [0.4, 0.5) is 0 Å². The van der Waals surface area contributed by atoms with Gasteiger partial charge in [0.15, 0.2) is 0 Å². The fraction of sp³-hybridized carbons (Fsp3) is 0.364. The number of amides is 1. The van der Waals surface area contributed by atoms with Gasteiger partial charge in [0.05, 0.1) is 0 Å². The molecule has 3 N–H and O–H groups in total. The van der Waals surface area contributed by atoms with Gasteiger partial charge in [-0.25, -0.2) is 5.84 Å². The van der Waals surface area contributed by atoms with E-state index in [2.05, 4.69) is 36.6 Å². The molecule has 1 amide bonds. The molecule has 0 saturated carbocycles. The third kappa shape index (κ3) is 4.36. The minimum Gasteiger partial charge on any atom is -0.294 e. The molecule has 0 fully saturated rings. The van der Waals surface area contributed by atoms with Gasteiger partial charge >= 0.3 is 0 Å². The van der Waals surface area contributed by atoms with Gasteiger partial charge in [0.25, 0.3) is 0 Å². The molecule has 0 spiro atoms. The third-order valence-corrected chi connectivity index (χ3v) is 2.93. The molecule has 0 unspecified atom stereocenters. The first-order valence-corrected chi connectivity index (χ1v) is 5.96. The van der Waals surface area contributed by atoms with E-state index in [1.807, 2.05) is 11.8 Å². The quantitative estimate of drug-likeness (QED) is 0.346. The van der Waals surface area contributed by atoms with Crippen molar-refractivity contribution in [1.29, 1.82) is 0 Å². The molecule has 0 aliphatic rings. The molecule has 1 rings (SSSR count). The maximum atomic E-state index is 10.9. The van der Waals surface area contributed by atoms with Gasteiger partial charge in [-0.15, -0.1) is 11.8 Å². The molecule has 3 nitrogen and oxygen atoms in total. The lowest BCUT2D eigenvalue weighted by Crippen LogP contribution is -2.30. The van der Waals surface area contributed by atoms with E-state index in [4.69, 9.17) is 5.84 Å². The number of benzene rings is 1. The minimum atomic E-state index is -0.123. The van der Waals surface area contributed by atoms with Crippen molar-refractivity contribution in [3.05, 3.63) is 29.8 Å². The number of carbonyl (C=O) groups is 1. The van der Waals surface area contributed by atoms with Crippen LogP contribution in [0.3, 0.4) is 0 Å². The van der Waals surface area contributed by atoms with Crippen LogP contribution >= 0.6 is 11.8 Å². The van der Waals surface area contributed by atoms with Gasteiger partial charge < -0.3 is 0 Å². The van der Waals surface area contributed by atoms with Crippen LogP contribution in [0.2, 0.25) is 0 Å². The molecule has 0 aliphatic carbocycles. The Bertz CT molecular complexity index is 311. The summed E-state index contributed by atoms with van der Waals surface area (Å²) in [6.45, 7) is 2.13. The van der Waals surface area contributed by atoms with Gasteiger partial charge in [-0.2, -0.15) is 0 Å². The first kappa shape index (κ1) is 12.1. The van der Waals surface area contributed by atoms with Crippen molar-refractivity contribution < 1.29 is 4.79 Å². The van der Waals surface area contributed by atoms with Gasteiger partial charge in [0.2, 0.25) is 5.91 Å². The number of nitrogens with two attached hydrogens (primary N) is 1. The highest BCUT2D eigenvalue weighted by Crippen LogP contribution is 2.18. The highest BCUT2D eigenvalue weighted by Gasteiger charge is 1.99. The van der Waals surface area contributed by atoms with E-state index in [1.54, 1.807) is 0 Å². The Labute approximate surface area is 94.4 Å². The third-order valence-electron chi connectivity index (χ3n) is 2.04. The van der Waals surface area contributed by atoms with Crippen molar-refractivity contribution in [2.45, 2.75) is 24.7 Å². The highest BCUT2D eigenvalue weighted by molar-refractivity contribution is 7.99. The standard InChI is InChI=1S/C11H16N2OS/c1-2-15-10-6-3-9(4-7-10)5-8-11(14)13-12/h3-4,6-7H,2,5,8,12H2,1H3,(H,13,14). The summed E-state index contributed by atoms with van der Waals surface area (Å²) in [6, 6.07) is 8.29. The van der Waals surface area contributed by atoms with E-state index in [-0.39, 0.29) is 5.91 Å². The zero-order chi connectivity index (χ0) is 11.1. The molecule has 0 bridgehead atoms. The lowest BCUT2D eigenvalue weighted by molar-refractivity contribution is -0.121. The average Bonchev–Trinajstić information content (AvgIpc) is 2.28. The normalized spacial score (nSPS) is 10.0. The molecule has 0 aromatic heterocycles. The minimum absolute atomic E-state index is 0.123. The van der Waals surface area contributed by atoms with E-state index in [0.29, 0.717) is 6.42 Å². The largest absolute Gasteiger partial charge is 0.294 e. The number of nitrogens with one attached hydrogen (secondary N) is 1. The Morgan fingerprint density at radius 1 is 1.40 bits per heavy atom. The van der Waals surface area contributed by atoms with Crippen LogP contribution in [0, 0.1) is 0 Å². The number of carbonyl (C=O) groups excluding carboxylic acids is 1. The molecule has 1 aromatic rings. The zero-order valence-electron chi connectivity index (χ0n) is 8.82. The molecule has 0 aliphatic heterocycles. The van der Waals surface area contributed by atoms with E-state index in [9.17, 15) is 4.79 Å². The second kappa shape index (κ2) is 6.48. The smallest absolute Gasteiger partial charge is 0.234 e. The van der Waals surface area contributed by atoms with Crippen molar-refractivity contribution in [1.82, 2.24) is 5.43 Å². The van der Waals surface area contributed by atoms with Gasteiger partial charge in [-0.3, -0.25) is 10.2 Å². The molecule has 82 valence electrons. The molecule has 0 heterocycles.